The summed E-state index contributed by atoms with van der Waals surface area (Å²) < 4.78 is 5.17. The molecular formula is C15H20ClN3O2. The van der Waals surface area contributed by atoms with Crippen LogP contribution < -0.4 is 10.6 Å². The topological polar surface area (TPSA) is 67.2 Å². The van der Waals surface area contributed by atoms with Crippen molar-refractivity contribution in [2.45, 2.75) is 13.8 Å². The molecule has 0 atom stereocenters. The van der Waals surface area contributed by atoms with E-state index >= 15 is 0 Å². The van der Waals surface area contributed by atoms with Gasteiger partial charge in [0.05, 0.1) is 0 Å². The average Bonchev–Trinajstić information content (AvgIpc) is 2.86. The standard InChI is InChI=1S/C15H19N3O2.ClH/c1-3-16-9-10-17-15(19)13-11(2)20-18-14(13)12-7-5-4-6-8-12;/h4-8,16H,3,9-10H2,1-2H3,(H,17,19);1H. The van der Waals surface area contributed by atoms with Gasteiger partial charge < -0.3 is 15.2 Å². The molecule has 0 saturated carbocycles. The third-order valence-corrected chi connectivity index (χ3v) is 2.97. The van der Waals surface area contributed by atoms with E-state index in [0.29, 0.717) is 23.6 Å². The van der Waals surface area contributed by atoms with E-state index in [1.165, 1.54) is 0 Å². The Bertz CT molecular complexity index is 570. The van der Waals surface area contributed by atoms with Crippen molar-refractivity contribution in [1.29, 1.82) is 0 Å². The van der Waals surface area contributed by atoms with E-state index in [9.17, 15) is 4.79 Å². The maximum absolute atomic E-state index is 12.2. The molecule has 0 aliphatic heterocycles. The molecule has 1 aromatic heterocycles. The minimum absolute atomic E-state index is 0. The molecule has 0 aliphatic carbocycles. The highest BCUT2D eigenvalue weighted by molar-refractivity contribution is 6.00. The van der Waals surface area contributed by atoms with Gasteiger partial charge in [-0.25, -0.2) is 0 Å². The molecule has 21 heavy (non-hydrogen) atoms. The fraction of sp³-hybridized carbons (Fsp3) is 0.333. The molecule has 0 saturated heterocycles. The highest BCUT2D eigenvalue weighted by atomic mass is 35.5. The Hall–Kier alpha value is -1.85. The van der Waals surface area contributed by atoms with Crippen molar-refractivity contribution in [2.24, 2.45) is 0 Å². The Morgan fingerprint density at radius 3 is 2.62 bits per heavy atom. The molecule has 1 heterocycles. The van der Waals surface area contributed by atoms with Gasteiger partial charge in [-0.3, -0.25) is 4.79 Å². The average molecular weight is 310 g/mol. The number of hydrogen-bond acceptors (Lipinski definition) is 4. The van der Waals surface area contributed by atoms with E-state index in [4.69, 9.17) is 4.52 Å². The summed E-state index contributed by atoms with van der Waals surface area (Å²) in [6.45, 7) is 5.98. The van der Waals surface area contributed by atoms with Gasteiger partial charge in [0.15, 0.2) is 0 Å². The van der Waals surface area contributed by atoms with Crippen molar-refractivity contribution in [3.05, 3.63) is 41.7 Å². The Labute approximate surface area is 130 Å². The van der Waals surface area contributed by atoms with Crippen LogP contribution in [0.4, 0.5) is 0 Å². The lowest BCUT2D eigenvalue weighted by Gasteiger charge is -2.06. The summed E-state index contributed by atoms with van der Waals surface area (Å²) in [5.41, 5.74) is 1.97. The van der Waals surface area contributed by atoms with Gasteiger partial charge in [-0.1, -0.05) is 42.4 Å². The van der Waals surface area contributed by atoms with Gasteiger partial charge in [-0.05, 0) is 13.5 Å². The summed E-state index contributed by atoms with van der Waals surface area (Å²) in [6, 6.07) is 9.56. The molecule has 1 aromatic carbocycles. The number of carbonyl (C=O) groups is 1. The summed E-state index contributed by atoms with van der Waals surface area (Å²) >= 11 is 0. The Morgan fingerprint density at radius 2 is 1.95 bits per heavy atom. The maximum Gasteiger partial charge on any atom is 0.257 e. The summed E-state index contributed by atoms with van der Waals surface area (Å²) in [4.78, 5) is 12.2. The molecule has 5 nitrogen and oxygen atoms in total. The number of nitrogens with one attached hydrogen (secondary N) is 2. The van der Waals surface area contributed by atoms with Crippen LogP contribution in [0.3, 0.4) is 0 Å². The molecule has 0 bridgehead atoms. The van der Waals surface area contributed by atoms with Gasteiger partial charge in [-0.2, -0.15) is 0 Å². The van der Waals surface area contributed by atoms with Crippen LogP contribution in [-0.4, -0.2) is 30.7 Å². The van der Waals surface area contributed by atoms with Gasteiger partial charge in [0.25, 0.3) is 5.91 Å². The lowest BCUT2D eigenvalue weighted by molar-refractivity contribution is 0.0953. The predicted molar refractivity (Wildman–Crippen MR) is 84.8 cm³/mol. The van der Waals surface area contributed by atoms with Crippen molar-refractivity contribution < 1.29 is 9.32 Å². The first-order valence-corrected chi connectivity index (χ1v) is 6.74. The van der Waals surface area contributed by atoms with E-state index < -0.39 is 0 Å². The number of aryl methyl sites for hydroxylation is 1. The lowest BCUT2D eigenvalue weighted by atomic mass is 10.1. The van der Waals surface area contributed by atoms with Gasteiger partial charge >= 0.3 is 0 Å². The first-order chi connectivity index (χ1) is 9.74. The number of nitrogens with zero attached hydrogens (tertiary/aromatic N) is 1. The van der Waals surface area contributed by atoms with Crippen molar-refractivity contribution in [1.82, 2.24) is 15.8 Å². The van der Waals surface area contributed by atoms with E-state index in [0.717, 1.165) is 18.7 Å². The molecule has 0 fully saturated rings. The van der Waals surface area contributed by atoms with Crippen LogP contribution in [0.15, 0.2) is 34.9 Å². The first kappa shape index (κ1) is 17.2. The number of benzene rings is 1. The van der Waals surface area contributed by atoms with Crippen LogP contribution >= 0.6 is 12.4 Å². The van der Waals surface area contributed by atoms with Crippen LogP contribution in [0.5, 0.6) is 0 Å². The van der Waals surface area contributed by atoms with Gasteiger partial charge in [0.2, 0.25) is 0 Å². The van der Waals surface area contributed by atoms with E-state index in [1.54, 1.807) is 6.92 Å². The lowest BCUT2D eigenvalue weighted by Crippen LogP contribution is -2.32. The van der Waals surface area contributed by atoms with Crippen molar-refractivity contribution >= 4 is 18.3 Å². The van der Waals surface area contributed by atoms with Crippen LogP contribution in [0.2, 0.25) is 0 Å². The highest BCUT2D eigenvalue weighted by Crippen LogP contribution is 2.24. The number of amides is 1. The normalized spacial score (nSPS) is 10.0. The molecule has 2 aromatic rings. The zero-order valence-electron chi connectivity index (χ0n) is 12.2. The van der Waals surface area contributed by atoms with Gasteiger partial charge in [-0.15, -0.1) is 12.4 Å². The molecule has 0 radical (unpaired) electrons. The molecule has 2 N–H and O–H groups in total. The Balaban J connectivity index is 0.00000220. The van der Waals surface area contributed by atoms with E-state index in [1.807, 2.05) is 37.3 Å². The third-order valence-electron chi connectivity index (χ3n) is 2.97. The zero-order chi connectivity index (χ0) is 14.4. The Morgan fingerprint density at radius 1 is 1.24 bits per heavy atom. The monoisotopic (exact) mass is 309 g/mol. The number of aromatic nitrogens is 1. The maximum atomic E-state index is 12.2. The van der Waals surface area contributed by atoms with Crippen molar-refractivity contribution in [2.75, 3.05) is 19.6 Å². The SMILES string of the molecule is CCNCCNC(=O)c1c(-c2ccccc2)noc1C.Cl. The van der Waals surface area contributed by atoms with Crippen LogP contribution in [-0.2, 0) is 0 Å². The first-order valence-electron chi connectivity index (χ1n) is 6.74. The summed E-state index contributed by atoms with van der Waals surface area (Å²) in [7, 11) is 0. The minimum atomic E-state index is -0.152. The zero-order valence-corrected chi connectivity index (χ0v) is 13.0. The molecule has 1 amide bonds. The highest BCUT2D eigenvalue weighted by Gasteiger charge is 2.20. The molecule has 0 spiro atoms. The number of likely N-dealkylation sites (N-methyl/N-ethyl adjacent to an activating group) is 1. The summed E-state index contributed by atoms with van der Waals surface area (Å²) in [5, 5.41) is 10.0. The molecule has 0 unspecified atom stereocenters. The van der Waals surface area contributed by atoms with Gasteiger partial charge in [0, 0.05) is 18.7 Å². The second kappa shape index (κ2) is 8.44. The Kier molecular flexibility index (Phi) is 6.91. The summed E-state index contributed by atoms with van der Waals surface area (Å²) in [5.74, 6) is 0.380. The quantitative estimate of drug-likeness (QED) is 0.804. The van der Waals surface area contributed by atoms with E-state index in [2.05, 4.69) is 15.8 Å². The second-order valence-electron chi connectivity index (χ2n) is 4.44. The second-order valence-corrected chi connectivity index (χ2v) is 4.44. The molecule has 6 heteroatoms. The fourth-order valence-electron chi connectivity index (χ4n) is 1.96. The smallest absolute Gasteiger partial charge is 0.257 e. The number of rotatable bonds is 6. The predicted octanol–water partition coefficient (Wildman–Crippen LogP) is 2.41. The summed E-state index contributed by atoms with van der Waals surface area (Å²) in [6.07, 6.45) is 0. The third kappa shape index (κ3) is 4.31. The largest absolute Gasteiger partial charge is 0.360 e. The molecule has 114 valence electrons. The van der Waals surface area contributed by atoms with Gasteiger partial charge in [0.1, 0.15) is 17.0 Å². The number of hydrogen-bond donors (Lipinski definition) is 2. The van der Waals surface area contributed by atoms with Crippen LogP contribution in [0.1, 0.15) is 23.0 Å². The van der Waals surface area contributed by atoms with Crippen molar-refractivity contribution in [3.63, 3.8) is 0 Å². The molecule has 0 aliphatic rings. The van der Waals surface area contributed by atoms with Crippen LogP contribution in [0, 0.1) is 6.92 Å². The minimum Gasteiger partial charge on any atom is -0.360 e. The number of carbonyl (C=O) groups excluding carboxylic acids is 1. The van der Waals surface area contributed by atoms with E-state index in [-0.39, 0.29) is 18.3 Å². The van der Waals surface area contributed by atoms with Crippen LogP contribution in [0.25, 0.3) is 11.3 Å². The number of halogens is 1. The molecule has 2 rings (SSSR count). The molecular weight excluding hydrogens is 290 g/mol. The van der Waals surface area contributed by atoms with Crippen molar-refractivity contribution in [3.8, 4) is 11.3 Å². The fourth-order valence-corrected chi connectivity index (χ4v) is 1.96.